The van der Waals surface area contributed by atoms with E-state index in [0.717, 1.165) is 24.8 Å². The third kappa shape index (κ3) is 4.61. The van der Waals surface area contributed by atoms with Gasteiger partial charge in [0.1, 0.15) is 11.4 Å². The summed E-state index contributed by atoms with van der Waals surface area (Å²) in [7, 11) is -0.745. The van der Waals surface area contributed by atoms with Gasteiger partial charge >= 0.3 is 13.2 Å². The van der Waals surface area contributed by atoms with Crippen LogP contribution in [-0.2, 0) is 20.5 Å². The molecule has 1 aromatic rings. The Morgan fingerprint density at radius 3 is 2.38 bits per heavy atom. The lowest BCUT2D eigenvalue weighted by molar-refractivity contribution is 0.00578. The van der Waals surface area contributed by atoms with Crippen molar-refractivity contribution in [1.29, 1.82) is 0 Å². The van der Waals surface area contributed by atoms with Gasteiger partial charge in [0, 0.05) is 5.46 Å². The molecule has 0 bridgehead atoms. The maximum atomic E-state index is 15.6. The molecule has 5 nitrogen and oxygen atoms in total. The number of fused-ring (bicyclic) bond motifs is 1. The molecule has 0 aromatic heterocycles. The minimum Gasteiger partial charge on any atom is -0.444 e. The first-order valence-electron chi connectivity index (χ1n) is 10.5. The minimum atomic E-state index is -0.745. The van der Waals surface area contributed by atoms with E-state index in [1.807, 2.05) is 54.5 Å². The Bertz CT molecular complexity index is 772. The summed E-state index contributed by atoms with van der Waals surface area (Å²) in [6.07, 6.45) is 2.66. The molecule has 0 radical (unpaired) electrons. The number of carbonyl (C=O) groups is 1. The molecule has 3 rings (SSSR count). The van der Waals surface area contributed by atoms with Crippen molar-refractivity contribution in [3.8, 4) is 0 Å². The molecule has 1 heterocycles. The molecule has 0 spiro atoms. The molecule has 160 valence electrons. The second-order valence-corrected chi connectivity index (χ2v) is 10.1. The highest BCUT2D eigenvalue weighted by atomic mass is 19.1. The van der Waals surface area contributed by atoms with Crippen LogP contribution >= 0.6 is 0 Å². The van der Waals surface area contributed by atoms with Crippen molar-refractivity contribution in [2.75, 3.05) is 0 Å². The van der Waals surface area contributed by atoms with E-state index >= 15 is 4.39 Å². The van der Waals surface area contributed by atoms with Gasteiger partial charge in [-0.1, -0.05) is 18.6 Å². The van der Waals surface area contributed by atoms with Gasteiger partial charge in [0.25, 0.3) is 0 Å². The van der Waals surface area contributed by atoms with E-state index in [2.05, 4.69) is 5.32 Å². The van der Waals surface area contributed by atoms with Gasteiger partial charge in [-0.25, -0.2) is 9.18 Å². The number of nitrogens with one attached hydrogen (secondary N) is 1. The molecule has 1 saturated heterocycles. The number of hydrogen-bond acceptors (Lipinski definition) is 4. The second kappa shape index (κ2) is 7.58. The number of amides is 1. The third-order valence-electron chi connectivity index (χ3n) is 6.05. The average Bonchev–Trinajstić information content (AvgIpc) is 2.69. The zero-order chi connectivity index (χ0) is 21.6. The molecule has 1 fully saturated rings. The smallest absolute Gasteiger partial charge is 0.444 e. The summed E-state index contributed by atoms with van der Waals surface area (Å²) in [6.45, 7) is 13.3. The van der Waals surface area contributed by atoms with Gasteiger partial charge in [-0.3, -0.25) is 0 Å². The Morgan fingerprint density at radius 1 is 1.17 bits per heavy atom. The van der Waals surface area contributed by atoms with Gasteiger partial charge in [0.05, 0.1) is 17.2 Å². The normalized spacial score (nSPS) is 23.3. The SMILES string of the molecule is CC(C)(C)OC(=O)NC1CCCCc2c1ccc(B1OC(C)(C)C(C)(C)O1)c2F. The predicted molar refractivity (Wildman–Crippen MR) is 112 cm³/mol. The van der Waals surface area contributed by atoms with E-state index in [9.17, 15) is 4.79 Å². The molecule has 0 saturated carbocycles. The summed E-state index contributed by atoms with van der Waals surface area (Å²) in [6, 6.07) is 3.35. The second-order valence-electron chi connectivity index (χ2n) is 10.1. The minimum absolute atomic E-state index is 0.274. The van der Waals surface area contributed by atoms with Gasteiger partial charge < -0.3 is 19.4 Å². The zero-order valence-electron chi connectivity index (χ0n) is 18.6. The molecule has 1 atom stereocenters. The summed E-state index contributed by atoms with van der Waals surface area (Å²) in [5.41, 5.74) is 0.223. The van der Waals surface area contributed by atoms with Gasteiger partial charge in [0.15, 0.2) is 0 Å². The number of carbonyl (C=O) groups excluding carboxylic acids is 1. The fourth-order valence-corrected chi connectivity index (χ4v) is 3.79. The van der Waals surface area contributed by atoms with Gasteiger partial charge in [-0.05, 0) is 78.9 Å². The van der Waals surface area contributed by atoms with E-state index in [4.69, 9.17) is 14.0 Å². The first-order chi connectivity index (χ1) is 13.3. The highest BCUT2D eigenvalue weighted by Gasteiger charge is 2.52. The van der Waals surface area contributed by atoms with E-state index in [1.54, 1.807) is 6.07 Å². The third-order valence-corrected chi connectivity index (χ3v) is 6.05. The van der Waals surface area contributed by atoms with Crippen molar-refractivity contribution < 1.29 is 23.2 Å². The first kappa shape index (κ1) is 22.1. The van der Waals surface area contributed by atoms with Crippen LogP contribution in [-0.4, -0.2) is 30.0 Å². The maximum Gasteiger partial charge on any atom is 0.497 e. The zero-order valence-corrected chi connectivity index (χ0v) is 18.6. The highest BCUT2D eigenvalue weighted by molar-refractivity contribution is 6.62. The summed E-state index contributed by atoms with van der Waals surface area (Å²) in [4.78, 5) is 12.3. The Labute approximate surface area is 173 Å². The topological polar surface area (TPSA) is 56.8 Å². The van der Waals surface area contributed by atoms with Crippen LogP contribution in [0.15, 0.2) is 12.1 Å². The first-order valence-corrected chi connectivity index (χ1v) is 10.5. The Morgan fingerprint density at radius 2 is 1.79 bits per heavy atom. The Hall–Kier alpha value is -1.60. The van der Waals surface area contributed by atoms with Crippen LogP contribution in [0.3, 0.4) is 0 Å². The summed E-state index contributed by atoms with van der Waals surface area (Å²) in [5, 5.41) is 2.92. The summed E-state index contributed by atoms with van der Waals surface area (Å²) >= 11 is 0. The predicted octanol–water partition coefficient (Wildman–Crippen LogP) is 4.42. The number of hydrogen-bond donors (Lipinski definition) is 1. The highest BCUT2D eigenvalue weighted by Crippen LogP contribution is 2.37. The van der Waals surface area contributed by atoms with Crippen molar-refractivity contribution >= 4 is 18.7 Å². The molecule has 7 heteroatoms. The average molecular weight is 405 g/mol. The molecule has 1 aliphatic carbocycles. The van der Waals surface area contributed by atoms with Gasteiger partial charge in [0.2, 0.25) is 0 Å². The molecule has 1 aliphatic heterocycles. The molecular weight excluding hydrogens is 372 g/mol. The van der Waals surface area contributed by atoms with Crippen LogP contribution in [0.25, 0.3) is 0 Å². The van der Waals surface area contributed by atoms with Crippen molar-refractivity contribution in [2.45, 2.75) is 97.0 Å². The maximum absolute atomic E-state index is 15.6. The van der Waals surface area contributed by atoms with E-state index < -0.39 is 30.0 Å². The monoisotopic (exact) mass is 405 g/mol. The fourth-order valence-electron chi connectivity index (χ4n) is 3.79. The number of alkyl carbamates (subject to hydrolysis) is 1. The number of rotatable bonds is 2. The number of benzene rings is 1. The molecule has 1 aromatic carbocycles. The molecule has 29 heavy (non-hydrogen) atoms. The fraction of sp³-hybridized carbons (Fsp3) is 0.682. The van der Waals surface area contributed by atoms with Crippen LogP contribution in [0.5, 0.6) is 0 Å². The largest absolute Gasteiger partial charge is 0.497 e. The lowest BCUT2D eigenvalue weighted by atomic mass is 9.76. The van der Waals surface area contributed by atoms with E-state index in [0.29, 0.717) is 17.4 Å². The summed E-state index contributed by atoms with van der Waals surface area (Å²) in [5.74, 6) is -0.293. The van der Waals surface area contributed by atoms with Crippen LogP contribution < -0.4 is 10.8 Å². The summed E-state index contributed by atoms with van der Waals surface area (Å²) < 4.78 is 33.1. The van der Waals surface area contributed by atoms with Gasteiger partial charge in [-0.2, -0.15) is 0 Å². The van der Waals surface area contributed by atoms with Crippen molar-refractivity contribution in [2.24, 2.45) is 0 Å². The Kier molecular flexibility index (Phi) is 5.78. The van der Waals surface area contributed by atoms with Crippen LogP contribution in [0.1, 0.15) is 84.9 Å². The van der Waals surface area contributed by atoms with Crippen LogP contribution in [0.4, 0.5) is 9.18 Å². The van der Waals surface area contributed by atoms with Crippen LogP contribution in [0.2, 0.25) is 0 Å². The lowest BCUT2D eigenvalue weighted by Crippen LogP contribution is -2.41. The standard InChI is InChI=1S/C22H33BFNO4/c1-20(2,3)27-19(26)25-17-11-9-8-10-15-14(17)12-13-16(18(15)24)23-28-21(4,5)22(6,7)29-23/h12-13,17H,8-11H2,1-7H3,(H,25,26). The van der Waals surface area contributed by atoms with Crippen molar-refractivity contribution in [3.05, 3.63) is 29.1 Å². The number of ether oxygens (including phenoxy) is 1. The molecule has 1 N–H and O–H groups in total. The van der Waals surface area contributed by atoms with Gasteiger partial charge in [-0.15, -0.1) is 0 Å². The van der Waals surface area contributed by atoms with Crippen LogP contribution in [0, 0.1) is 5.82 Å². The number of halogens is 1. The Balaban J connectivity index is 1.88. The van der Waals surface area contributed by atoms with E-state index in [1.165, 1.54) is 0 Å². The lowest BCUT2D eigenvalue weighted by Gasteiger charge is -2.32. The van der Waals surface area contributed by atoms with Crippen molar-refractivity contribution in [1.82, 2.24) is 5.32 Å². The molecular formula is C22H33BFNO4. The quantitative estimate of drug-likeness (QED) is 0.585. The molecule has 2 aliphatic rings. The van der Waals surface area contributed by atoms with Crippen molar-refractivity contribution in [3.63, 3.8) is 0 Å². The molecule has 1 amide bonds. The van der Waals surface area contributed by atoms with E-state index in [-0.39, 0.29) is 11.9 Å². The molecule has 1 unspecified atom stereocenters.